The lowest BCUT2D eigenvalue weighted by molar-refractivity contribution is -0.121. The van der Waals surface area contributed by atoms with Crippen LogP contribution in [-0.4, -0.2) is 29.9 Å². The predicted octanol–water partition coefficient (Wildman–Crippen LogP) is 4.87. The molecule has 1 saturated heterocycles. The normalized spacial score (nSPS) is 17.1. The number of nitrogens with one attached hydrogen (secondary N) is 2. The number of rotatable bonds is 3. The predicted molar refractivity (Wildman–Crippen MR) is 114 cm³/mol. The van der Waals surface area contributed by atoms with Crippen LogP contribution in [0.15, 0.2) is 54.6 Å². The SMILES string of the molecule is CC(C)(C)c1ccc(NC(=O)[C@@H]2CCCN(C(=O)Nc3ccccc3)C2)cc1. The van der Waals surface area contributed by atoms with Gasteiger partial charge in [0, 0.05) is 24.5 Å². The van der Waals surface area contributed by atoms with E-state index in [-0.39, 0.29) is 23.3 Å². The highest BCUT2D eigenvalue weighted by Gasteiger charge is 2.28. The molecule has 2 aromatic rings. The molecule has 1 heterocycles. The van der Waals surface area contributed by atoms with Gasteiger partial charge in [0.2, 0.25) is 5.91 Å². The number of para-hydroxylation sites is 1. The molecular formula is C23H29N3O2. The van der Waals surface area contributed by atoms with Crippen LogP contribution in [0.5, 0.6) is 0 Å². The lowest BCUT2D eigenvalue weighted by Crippen LogP contribution is -2.45. The van der Waals surface area contributed by atoms with Gasteiger partial charge in [0.25, 0.3) is 0 Å². The van der Waals surface area contributed by atoms with Gasteiger partial charge in [-0.05, 0) is 48.1 Å². The highest BCUT2D eigenvalue weighted by atomic mass is 16.2. The highest BCUT2D eigenvalue weighted by molar-refractivity contribution is 5.94. The molecule has 0 aliphatic carbocycles. The van der Waals surface area contributed by atoms with E-state index in [0.29, 0.717) is 13.1 Å². The number of carbonyl (C=O) groups is 2. The standard InChI is InChI=1S/C23H29N3O2/c1-23(2,3)18-11-13-20(14-12-18)24-21(27)17-8-7-15-26(16-17)22(28)25-19-9-5-4-6-10-19/h4-6,9-14,17H,7-8,15-16H2,1-3H3,(H,24,27)(H,25,28)/t17-/m1/s1. The van der Waals surface area contributed by atoms with Gasteiger partial charge in [0.1, 0.15) is 0 Å². The number of likely N-dealkylation sites (tertiary alicyclic amines) is 1. The molecule has 28 heavy (non-hydrogen) atoms. The van der Waals surface area contributed by atoms with Gasteiger partial charge in [-0.3, -0.25) is 4.79 Å². The van der Waals surface area contributed by atoms with Crippen LogP contribution in [0.2, 0.25) is 0 Å². The van der Waals surface area contributed by atoms with Gasteiger partial charge in [0.05, 0.1) is 5.92 Å². The van der Waals surface area contributed by atoms with E-state index in [1.54, 1.807) is 4.90 Å². The summed E-state index contributed by atoms with van der Waals surface area (Å²) in [7, 11) is 0. The van der Waals surface area contributed by atoms with E-state index < -0.39 is 0 Å². The van der Waals surface area contributed by atoms with Crippen molar-refractivity contribution in [3.8, 4) is 0 Å². The summed E-state index contributed by atoms with van der Waals surface area (Å²) in [4.78, 5) is 26.9. The monoisotopic (exact) mass is 379 g/mol. The van der Waals surface area contributed by atoms with E-state index in [1.807, 2.05) is 42.5 Å². The summed E-state index contributed by atoms with van der Waals surface area (Å²) in [6.45, 7) is 7.60. The van der Waals surface area contributed by atoms with E-state index in [4.69, 9.17) is 0 Å². The molecule has 2 aromatic carbocycles. The smallest absolute Gasteiger partial charge is 0.321 e. The Balaban J connectivity index is 1.57. The first kappa shape index (κ1) is 19.9. The number of anilines is 2. The van der Waals surface area contributed by atoms with Crippen molar-refractivity contribution in [2.75, 3.05) is 23.7 Å². The minimum absolute atomic E-state index is 0.0271. The summed E-state index contributed by atoms with van der Waals surface area (Å²) in [5.41, 5.74) is 2.87. The quantitative estimate of drug-likeness (QED) is 0.799. The Kier molecular flexibility index (Phi) is 6.02. The fourth-order valence-corrected chi connectivity index (χ4v) is 3.40. The lowest BCUT2D eigenvalue weighted by Gasteiger charge is -2.32. The third kappa shape index (κ3) is 5.12. The van der Waals surface area contributed by atoms with Gasteiger partial charge in [-0.15, -0.1) is 0 Å². The summed E-state index contributed by atoms with van der Waals surface area (Å²) in [5, 5.41) is 5.90. The molecular weight excluding hydrogens is 350 g/mol. The maximum Gasteiger partial charge on any atom is 0.321 e. The number of hydrogen-bond acceptors (Lipinski definition) is 2. The second-order valence-corrected chi connectivity index (χ2v) is 8.40. The average molecular weight is 380 g/mol. The molecule has 0 saturated carbocycles. The molecule has 3 amide bonds. The molecule has 0 radical (unpaired) electrons. The second kappa shape index (κ2) is 8.46. The topological polar surface area (TPSA) is 61.4 Å². The largest absolute Gasteiger partial charge is 0.326 e. The van der Waals surface area contributed by atoms with Crippen LogP contribution < -0.4 is 10.6 Å². The minimum Gasteiger partial charge on any atom is -0.326 e. The van der Waals surface area contributed by atoms with Crippen LogP contribution in [0.3, 0.4) is 0 Å². The van der Waals surface area contributed by atoms with Gasteiger partial charge in [-0.25, -0.2) is 4.79 Å². The Labute approximate surface area is 167 Å². The van der Waals surface area contributed by atoms with Gasteiger partial charge in [-0.1, -0.05) is 51.1 Å². The number of hydrogen-bond donors (Lipinski definition) is 2. The van der Waals surface area contributed by atoms with Gasteiger partial charge >= 0.3 is 6.03 Å². The number of urea groups is 1. The molecule has 2 N–H and O–H groups in total. The Morgan fingerprint density at radius 1 is 0.929 bits per heavy atom. The molecule has 0 unspecified atom stereocenters. The summed E-state index contributed by atoms with van der Waals surface area (Å²) in [6, 6.07) is 17.2. The van der Waals surface area contributed by atoms with Crippen molar-refractivity contribution in [2.45, 2.75) is 39.0 Å². The molecule has 0 aromatic heterocycles. The third-order valence-corrected chi connectivity index (χ3v) is 5.12. The summed E-state index contributed by atoms with van der Waals surface area (Å²) in [5.74, 6) is -0.224. The molecule has 148 valence electrons. The van der Waals surface area contributed by atoms with E-state index in [0.717, 1.165) is 24.2 Å². The number of amides is 3. The molecule has 0 spiro atoms. The summed E-state index contributed by atoms with van der Waals surface area (Å²) < 4.78 is 0. The minimum atomic E-state index is -0.197. The molecule has 1 atom stereocenters. The maximum absolute atomic E-state index is 12.7. The molecule has 3 rings (SSSR count). The van der Waals surface area contributed by atoms with Crippen LogP contribution in [0.25, 0.3) is 0 Å². The summed E-state index contributed by atoms with van der Waals surface area (Å²) >= 11 is 0. The van der Waals surface area contributed by atoms with Crippen molar-refractivity contribution >= 4 is 23.3 Å². The maximum atomic E-state index is 12.7. The summed E-state index contributed by atoms with van der Waals surface area (Å²) in [6.07, 6.45) is 1.62. The van der Waals surface area contributed by atoms with Gasteiger partial charge in [0.15, 0.2) is 0 Å². The van der Waals surface area contributed by atoms with Crippen LogP contribution >= 0.6 is 0 Å². The van der Waals surface area contributed by atoms with E-state index in [1.165, 1.54) is 5.56 Å². The second-order valence-electron chi connectivity index (χ2n) is 8.40. The molecule has 1 fully saturated rings. The number of benzene rings is 2. The third-order valence-electron chi connectivity index (χ3n) is 5.12. The van der Waals surface area contributed by atoms with Crippen LogP contribution in [0.4, 0.5) is 16.2 Å². The fraction of sp³-hybridized carbons (Fsp3) is 0.391. The Bertz CT molecular complexity index is 810. The van der Waals surface area contributed by atoms with Crippen molar-refractivity contribution in [3.05, 3.63) is 60.2 Å². The number of piperidine rings is 1. The molecule has 1 aliphatic heterocycles. The van der Waals surface area contributed by atoms with Gasteiger partial charge < -0.3 is 15.5 Å². The fourth-order valence-electron chi connectivity index (χ4n) is 3.40. The number of nitrogens with zero attached hydrogens (tertiary/aromatic N) is 1. The molecule has 5 nitrogen and oxygen atoms in total. The van der Waals surface area contributed by atoms with Crippen molar-refractivity contribution < 1.29 is 9.59 Å². The first-order valence-electron chi connectivity index (χ1n) is 9.85. The van der Waals surface area contributed by atoms with Crippen LogP contribution in [0, 0.1) is 5.92 Å². The van der Waals surface area contributed by atoms with Crippen LogP contribution in [0.1, 0.15) is 39.2 Å². The Hall–Kier alpha value is -2.82. The first-order chi connectivity index (χ1) is 13.3. The van der Waals surface area contributed by atoms with Crippen molar-refractivity contribution in [1.82, 2.24) is 4.90 Å². The number of carbonyl (C=O) groups excluding carboxylic acids is 2. The Morgan fingerprint density at radius 2 is 1.57 bits per heavy atom. The zero-order chi connectivity index (χ0) is 20.1. The molecule has 5 heteroatoms. The Morgan fingerprint density at radius 3 is 2.21 bits per heavy atom. The van der Waals surface area contributed by atoms with E-state index in [9.17, 15) is 9.59 Å². The first-order valence-corrected chi connectivity index (χ1v) is 9.85. The van der Waals surface area contributed by atoms with Crippen molar-refractivity contribution in [3.63, 3.8) is 0 Å². The lowest BCUT2D eigenvalue weighted by atomic mass is 9.87. The van der Waals surface area contributed by atoms with Gasteiger partial charge in [-0.2, -0.15) is 0 Å². The zero-order valence-corrected chi connectivity index (χ0v) is 16.9. The zero-order valence-electron chi connectivity index (χ0n) is 16.9. The highest BCUT2D eigenvalue weighted by Crippen LogP contribution is 2.24. The van der Waals surface area contributed by atoms with Crippen LogP contribution in [-0.2, 0) is 10.2 Å². The van der Waals surface area contributed by atoms with E-state index >= 15 is 0 Å². The van der Waals surface area contributed by atoms with E-state index in [2.05, 4.69) is 43.5 Å². The molecule has 0 bridgehead atoms. The van der Waals surface area contributed by atoms with Crippen molar-refractivity contribution in [2.24, 2.45) is 5.92 Å². The average Bonchev–Trinajstić information content (AvgIpc) is 2.68. The van der Waals surface area contributed by atoms with Crippen molar-refractivity contribution in [1.29, 1.82) is 0 Å². The molecule has 1 aliphatic rings.